The van der Waals surface area contributed by atoms with Crippen LogP contribution in [0.25, 0.3) is 0 Å². The van der Waals surface area contributed by atoms with Gasteiger partial charge >= 0.3 is 6.09 Å². The third-order valence-electron chi connectivity index (χ3n) is 3.10. The molecule has 7 heteroatoms. The maximum absolute atomic E-state index is 13.8. The van der Waals surface area contributed by atoms with Gasteiger partial charge in [-0.2, -0.15) is 0 Å². The Balaban J connectivity index is 2.12. The van der Waals surface area contributed by atoms with Crippen LogP contribution in [0, 0.1) is 5.82 Å². The van der Waals surface area contributed by atoms with Crippen LogP contribution in [0.1, 0.15) is 24.2 Å². The Morgan fingerprint density at radius 2 is 2.14 bits per heavy atom. The third-order valence-corrected chi connectivity index (χ3v) is 3.10. The van der Waals surface area contributed by atoms with Gasteiger partial charge in [0.15, 0.2) is 5.78 Å². The van der Waals surface area contributed by atoms with Crippen molar-refractivity contribution in [2.75, 3.05) is 18.0 Å². The Kier molecular flexibility index (Phi) is 4.21. The Morgan fingerprint density at radius 3 is 2.71 bits per heavy atom. The zero-order valence-electron chi connectivity index (χ0n) is 11.7. The first-order valence-electron chi connectivity index (χ1n) is 6.41. The lowest BCUT2D eigenvalue weighted by molar-refractivity contribution is -0.119. The van der Waals surface area contributed by atoms with Gasteiger partial charge in [0, 0.05) is 6.92 Å². The summed E-state index contributed by atoms with van der Waals surface area (Å²) in [4.78, 5) is 35.0. The predicted octanol–water partition coefficient (Wildman–Crippen LogP) is 1.49. The molecule has 0 aromatic heterocycles. The fourth-order valence-corrected chi connectivity index (χ4v) is 2.05. The summed E-state index contributed by atoms with van der Waals surface area (Å²) in [6.07, 6.45) is -1.10. The normalized spacial score (nSPS) is 17.6. The van der Waals surface area contributed by atoms with E-state index in [0.717, 1.165) is 6.07 Å². The average molecular weight is 294 g/mol. The second-order valence-electron chi connectivity index (χ2n) is 4.77. The second kappa shape index (κ2) is 5.90. The molecule has 1 heterocycles. The first-order valence-corrected chi connectivity index (χ1v) is 6.41. The van der Waals surface area contributed by atoms with Gasteiger partial charge < -0.3 is 10.1 Å². The van der Waals surface area contributed by atoms with E-state index in [9.17, 15) is 18.8 Å². The largest absolute Gasteiger partial charge is 0.442 e. The molecule has 112 valence electrons. The monoisotopic (exact) mass is 294 g/mol. The zero-order chi connectivity index (χ0) is 15.6. The van der Waals surface area contributed by atoms with Gasteiger partial charge in [-0.05, 0) is 25.1 Å². The number of ether oxygens (including phenoxy) is 1. The van der Waals surface area contributed by atoms with Crippen molar-refractivity contribution in [3.63, 3.8) is 0 Å². The van der Waals surface area contributed by atoms with Crippen LogP contribution in [0.2, 0.25) is 0 Å². The summed E-state index contributed by atoms with van der Waals surface area (Å²) in [7, 11) is 0. The first-order chi connectivity index (χ1) is 9.88. The van der Waals surface area contributed by atoms with E-state index >= 15 is 0 Å². The van der Waals surface area contributed by atoms with E-state index in [-0.39, 0.29) is 30.3 Å². The Morgan fingerprint density at radius 1 is 1.43 bits per heavy atom. The summed E-state index contributed by atoms with van der Waals surface area (Å²) < 4.78 is 18.9. The number of hydrogen-bond acceptors (Lipinski definition) is 4. The molecule has 1 N–H and O–H groups in total. The highest BCUT2D eigenvalue weighted by atomic mass is 19.1. The molecule has 21 heavy (non-hydrogen) atoms. The molecule has 0 unspecified atom stereocenters. The molecule has 0 saturated carbocycles. The fourth-order valence-electron chi connectivity index (χ4n) is 2.05. The van der Waals surface area contributed by atoms with E-state index in [1.54, 1.807) is 0 Å². The van der Waals surface area contributed by atoms with Crippen LogP contribution in [0.4, 0.5) is 14.9 Å². The number of hydrogen-bond donors (Lipinski definition) is 1. The number of amides is 2. The summed E-state index contributed by atoms with van der Waals surface area (Å²) in [5, 5.41) is 2.55. The molecule has 1 aliphatic rings. The van der Waals surface area contributed by atoms with Crippen molar-refractivity contribution in [3.8, 4) is 0 Å². The molecule has 1 aliphatic heterocycles. The van der Waals surface area contributed by atoms with Crippen LogP contribution in [-0.2, 0) is 9.53 Å². The van der Waals surface area contributed by atoms with Crippen molar-refractivity contribution < 1.29 is 23.5 Å². The lowest BCUT2D eigenvalue weighted by Crippen LogP contribution is -2.33. The van der Waals surface area contributed by atoms with E-state index in [4.69, 9.17) is 4.74 Å². The topological polar surface area (TPSA) is 75.7 Å². The molecule has 1 atom stereocenters. The molecule has 2 amide bonds. The third kappa shape index (κ3) is 3.36. The average Bonchev–Trinajstić information content (AvgIpc) is 2.77. The molecule has 0 radical (unpaired) electrons. The molecule has 2 rings (SSSR count). The summed E-state index contributed by atoms with van der Waals surface area (Å²) in [6, 6.07) is 3.95. The Labute approximate surface area is 120 Å². The molecule has 0 bridgehead atoms. The highest BCUT2D eigenvalue weighted by Gasteiger charge is 2.32. The van der Waals surface area contributed by atoms with Crippen LogP contribution in [0.3, 0.4) is 0 Å². The van der Waals surface area contributed by atoms with Crippen molar-refractivity contribution in [1.82, 2.24) is 5.32 Å². The number of carbonyl (C=O) groups excluding carboxylic acids is 3. The van der Waals surface area contributed by atoms with Crippen LogP contribution in [-0.4, -0.2) is 37.0 Å². The van der Waals surface area contributed by atoms with Gasteiger partial charge in [0.05, 0.1) is 24.3 Å². The van der Waals surface area contributed by atoms with Crippen LogP contribution >= 0.6 is 0 Å². The maximum atomic E-state index is 13.8. The molecule has 1 fully saturated rings. The number of rotatable bonds is 4. The summed E-state index contributed by atoms with van der Waals surface area (Å²) in [6.45, 7) is 3.04. The van der Waals surface area contributed by atoms with Crippen molar-refractivity contribution >= 4 is 23.5 Å². The second-order valence-corrected chi connectivity index (χ2v) is 4.77. The number of ketones is 1. The van der Waals surface area contributed by atoms with E-state index in [1.807, 2.05) is 0 Å². The van der Waals surface area contributed by atoms with E-state index in [0.29, 0.717) is 5.69 Å². The van der Waals surface area contributed by atoms with Crippen LogP contribution in [0.5, 0.6) is 0 Å². The molecule has 0 aliphatic carbocycles. The number of cyclic esters (lactones) is 1. The zero-order valence-corrected chi connectivity index (χ0v) is 11.7. The SMILES string of the molecule is CC(=O)NC[C@H]1CN(c2ccc(C(C)=O)c(F)c2)C(=O)O1. The van der Waals surface area contributed by atoms with Gasteiger partial charge in [-0.1, -0.05) is 0 Å². The van der Waals surface area contributed by atoms with Crippen LogP contribution in [0.15, 0.2) is 18.2 Å². The number of nitrogens with one attached hydrogen (secondary N) is 1. The van der Waals surface area contributed by atoms with Crippen molar-refractivity contribution in [1.29, 1.82) is 0 Å². The number of benzene rings is 1. The van der Waals surface area contributed by atoms with E-state index in [1.165, 1.54) is 30.9 Å². The van der Waals surface area contributed by atoms with Crippen LogP contribution < -0.4 is 10.2 Å². The summed E-state index contributed by atoms with van der Waals surface area (Å²) in [5.41, 5.74) is 0.286. The standard InChI is InChI=1S/C14H15FN2O4/c1-8(18)12-4-3-10(5-13(12)15)17-7-11(21-14(17)20)6-16-9(2)19/h3-5,11H,6-7H2,1-2H3,(H,16,19)/t11-/m0/s1. The minimum atomic E-state index is -0.682. The van der Waals surface area contributed by atoms with E-state index < -0.39 is 18.0 Å². The Hall–Kier alpha value is -2.44. The van der Waals surface area contributed by atoms with Gasteiger partial charge in [0.1, 0.15) is 11.9 Å². The number of Topliss-reactive ketones (excluding diaryl/α,β-unsaturated/α-hetero) is 1. The molecule has 0 spiro atoms. The molecule has 6 nitrogen and oxygen atoms in total. The highest BCUT2D eigenvalue weighted by Crippen LogP contribution is 2.24. The Bertz CT molecular complexity index is 603. The highest BCUT2D eigenvalue weighted by molar-refractivity contribution is 5.96. The number of anilines is 1. The molecular weight excluding hydrogens is 279 g/mol. The number of carbonyl (C=O) groups is 3. The molecular formula is C14H15FN2O4. The van der Waals surface area contributed by atoms with Crippen molar-refractivity contribution in [3.05, 3.63) is 29.6 Å². The van der Waals surface area contributed by atoms with Crippen molar-refractivity contribution in [2.45, 2.75) is 20.0 Å². The lowest BCUT2D eigenvalue weighted by atomic mass is 10.1. The first kappa shape index (κ1) is 15.0. The molecule has 1 aromatic carbocycles. The summed E-state index contributed by atoms with van der Waals surface area (Å²) in [5.74, 6) is -1.29. The van der Waals surface area contributed by atoms with Gasteiger partial charge in [0.25, 0.3) is 0 Å². The fraction of sp³-hybridized carbons (Fsp3) is 0.357. The minimum absolute atomic E-state index is 0.0267. The minimum Gasteiger partial charge on any atom is -0.442 e. The number of nitrogens with zero attached hydrogens (tertiary/aromatic N) is 1. The van der Waals surface area contributed by atoms with E-state index in [2.05, 4.69) is 5.32 Å². The van der Waals surface area contributed by atoms with Gasteiger partial charge in [-0.25, -0.2) is 9.18 Å². The molecule has 1 saturated heterocycles. The smallest absolute Gasteiger partial charge is 0.414 e. The quantitative estimate of drug-likeness (QED) is 0.854. The summed E-state index contributed by atoms with van der Waals surface area (Å²) >= 11 is 0. The maximum Gasteiger partial charge on any atom is 0.414 e. The number of halogens is 1. The predicted molar refractivity (Wildman–Crippen MR) is 72.7 cm³/mol. The van der Waals surface area contributed by atoms with Gasteiger partial charge in [-0.3, -0.25) is 14.5 Å². The van der Waals surface area contributed by atoms with Gasteiger partial charge in [-0.15, -0.1) is 0 Å². The van der Waals surface area contributed by atoms with Gasteiger partial charge in [0.2, 0.25) is 5.91 Å². The lowest BCUT2D eigenvalue weighted by Gasteiger charge is -2.13. The molecule has 1 aromatic rings. The van der Waals surface area contributed by atoms with Crippen molar-refractivity contribution in [2.24, 2.45) is 0 Å².